The van der Waals surface area contributed by atoms with Gasteiger partial charge in [-0.3, -0.25) is 0 Å². The van der Waals surface area contributed by atoms with Crippen molar-refractivity contribution in [2.45, 2.75) is 25.5 Å². The lowest BCUT2D eigenvalue weighted by molar-refractivity contribution is 0.0995. The molecule has 2 atom stereocenters. The fraction of sp³-hybridized carbons (Fsp3) is 0.538. The van der Waals surface area contributed by atoms with Crippen molar-refractivity contribution in [1.29, 1.82) is 0 Å². The summed E-state index contributed by atoms with van der Waals surface area (Å²) >= 11 is 5.82. The predicted molar refractivity (Wildman–Crippen MR) is 72.1 cm³/mol. The first kappa shape index (κ1) is 15.2. The molecule has 1 rings (SSSR count). The van der Waals surface area contributed by atoms with Gasteiger partial charge >= 0.3 is 0 Å². The molecular formula is C13H20ClNO3. The zero-order valence-corrected chi connectivity index (χ0v) is 11.2. The molecule has 0 amide bonds. The van der Waals surface area contributed by atoms with E-state index in [2.05, 4.69) is 5.32 Å². The highest BCUT2D eigenvalue weighted by Gasteiger charge is 2.09. The molecule has 0 aliphatic rings. The van der Waals surface area contributed by atoms with E-state index >= 15 is 0 Å². The molecule has 4 nitrogen and oxygen atoms in total. The van der Waals surface area contributed by atoms with E-state index in [1.165, 1.54) is 0 Å². The van der Waals surface area contributed by atoms with Gasteiger partial charge in [-0.2, -0.15) is 0 Å². The van der Waals surface area contributed by atoms with Crippen molar-refractivity contribution in [2.24, 2.45) is 0 Å². The molecule has 0 heterocycles. The van der Waals surface area contributed by atoms with Gasteiger partial charge in [0.1, 0.15) is 18.5 Å². The first-order chi connectivity index (χ1) is 8.65. The van der Waals surface area contributed by atoms with Gasteiger partial charge in [-0.15, -0.1) is 0 Å². The molecule has 0 spiro atoms. The summed E-state index contributed by atoms with van der Waals surface area (Å²) in [5.74, 6) is 0.635. The summed E-state index contributed by atoms with van der Waals surface area (Å²) < 4.78 is 5.41. The Hall–Kier alpha value is -0.810. The average molecular weight is 274 g/mol. The monoisotopic (exact) mass is 273 g/mol. The predicted octanol–water partition coefficient (Wildman–Crippen LogP) is 1.44. The lowest BCUT2D eigenvalue weighted by Crippen LogP contribution is -2.39. The molecule has 0 aliphatic heterocycles. The third kappa shape index (κ3) is 5.69. The zero-order chi connectivity index (χ0) is 13.4. The second-order valence-corrected chi connectivity index (χ2v) is 4.55. The Kier molecular flexibility index (Phi) is 7.05. The van der Waals surface area contributed by atoms with Crippen LogP contribution in [0.3, 0.4) is 0 Å². The van der Waals surface area contributed by atoms with Crippen molar-refractivity contribution < 1.29 is 14.9 Å². The minimum atomic E-state index is -0.621. The molecule has 102 valence electrons. The average Bonchev–Trinajstić information content (AvgIpc) is 2.37. The van der Waals surface area contributed by atoms with Gasteiger partial charge in [0.15, 0.2) is 0 Å². The van der Waals surface area contributed by atoms with Crippen molar-refractivity contribution in [3.8, 4) is 5.75 Å². The van der Waals surface area contributed by atoms with E-state index in [0.29, 0.717) is 17.3 Å². The molecular weight excluding hydrogens is 254 g/mol. The van der Waals surface area contributed by atoms with Gasteiger partial charge in [-0.1, -0.05) is 24.6 Å². The van der Waals surface area contributed by atoms with Crippen LogP contribution in [-0.2, 0) is 0 Å². The Morgan fingerprint density at radius 1 is 1.44 bits per heavy atom. The highest BCUT2D eigenvalue weighted by molar-refractivity contribution is 6.30. The van der Waals surface area contributed by atoms with Gasteiger partial charge in [-0.25, -0.2) is 0 Å². The van der Waals surface area contributed by atoms with E-state index in [1.807, 2.05) is 6.92 Å². The van der Waals surface area contributed by atoms with E-state index in [9.17, 15) is 5.11 Å². The maximum absolute atomic E-state index is 9.72. The molecule has 5 heteroatoms. The number of hydrogen-bond acceptors (Lipinski definition) is 4. The molecule has 2 unspecified atom stereocenters. The minimum Gasteiger partial charge on any atom is -0.491 e. The van der Waals surface area contributed by atoms with Crippen LogP contribution in [0.2, 0.25) is 5.02 Å². The highest BCUT2D eigenvalue weighted by atomic mass is 35.5. The first-order valence-electron chi connectivity index (χ1n) is 6.06. The number of aliphatic hydroxyl groups is 2. The Balaban J connectivity index is 2.26. The summed E-state index contributed by atoms with van der Waals surface area (Å²) in [7, 11) is 0. The molecule has 0 radical (unpaired) electrons. The van der Waals surface area contributed by atoms with Crippen LogP contribution in [0, 0.1) is 0 Å². The molecule has 0 bridgehead atoms. The maximum atomic E-state index is 9.72. The van der Waals surface area contributed by atoms with Gasteiger partial charge < -0.3 is 20.3 Å². The Morgan fingerprint density at radius 3 is 2.83 bits per heavy atom. The molecule has 1 aromatic rings. The van der Waals surface area contributed by atoms with Crippen molar-refractivity contribution in [3.05, 3.63) is 29.3 Å². The van der Waals surface area contributed by atoms with Crippen LogP contribution in [-0.4, -0.2) is 42.1 Å². The van der Waals surface area contributed by atoms with Gasteiger partial charge in [0.05, 0.1) is 6.61 Å². The van der Waals surface area contributed by atoms with Crippen molar-refractivity contribution in [1.82, 2.24) is 5.32 Å². The van der Waals surface area contributed by atoms with E-state index < -0.39 is 6.10 Å². The number of aliphatic hydroxyl groups excluding tert-OH is 2. The van der Waals surface area contributed by atoms with Gasteiger partial charge in [0, 0.05) is 17.6 Å². The van der Waals surface area contributed by atoms with Crippen LogP contribution in [0.1, 0.15) is 13.3 Å². The van der Waals surface area contributed by atoms with Gasteiger partial charge in [0.2, 0.25) is 0 Å². The third-order valence-corrected chi connectivity index (χ3v) is 2.83. The molecule has 0 saturated carbocycles. The molecule has 0 aromatic heterocycles. The standard InChI is InChI=1S/C13H20ClNO3/c1-2-11(8-16)15-7-12(17)9-18-13-5-3-4-10(14)6-13/h3-6,11-12,15-17H,2,7-9H2,1H3. The van der Waals surface area contributed by atoms with Crippen molar-refractivity contribution in [3.63, 3.8) is 0 Å². The fourth-order valence-corrected chi connectivity index (χ4v) is 1.63. The summed E-state index contributed by atoms with van der Waals surface area (Å²) in [6.45, 7) is 2.62. The topological polar surface area (TPSA) is 61.7 Å². The van der Waals surface area contributed by atoms with Crippen LogP contribution in [0.5, 0.6) is 5.75 Å². The van der Waals surface area contributed by atoms with E-state index in [4.69, 9.17) is 21.4 Å². The molecule has 3 N–H and O–H groups in total. The third-order valence-electron chi connectivity index (χ3n) is 2.59. The van der Waals surface area contributed by atoms with Gasteiger partial charge in [-0.05, 0) is 24.6 Å². The normalized spacial score (nSPS) is 14.2. The fourth-order valence-electron chi connectivity index (χ4n) is 1.45. The Morgan fingerprint density at radius 2 is 2.22 bits per heavy atom. The molecule has 18 heavy (non-hydrogen) atoms. The number of hydrogen-bond donors (Lipinski definition) is 3. The van der Waals surface area contributed by atoms with Crippen LogP contribution in [0.15, 0.2) is 24.3 Å². The van der Waals surface area contributed by atoms with Crippen LogP contribution in [0.25, 0.3) is 0 Å². The molecule has 0 fully saturated rings. The SMILES string of the molecule is CCC(CO)NCC(O)COc1cccc(Cl)c1. The summed E-state index contributed by atoms with van der Waals surface area (Å²) in [5.41, 5.74) is 0. The van der Waals surface area contributed by atoms with E-state index in [1.54, 1.807) is 24.3 Å². The number of ether oxygens (including phenoxy) is 1. The Bertz CT molecular complexity index is 345. The molecule has 1 aromatic carbocycles. The quantitative estimate of drug-likeness (QED) is 0.671. The summed E-state index contributed by atoms with van der Waals surface area (Å²) in [6.07, 6.45) is 0.197. The number of nitrogens with one attached hydrogen (secondary N) is 1. The highest BCUT2D eigenvalue weighted by Crippen LogP contribution is 2.17. The second kappa shape index (κ2) is 8.32. The lowest BCUT2D eigenvalue weighted by Gasteiger charge is -2.17. The summed E-state index contributed by atoms with van der Waals surface area (Å²) in [5, 5.41) is 22.4. The van der Waals surface area contributed by atoms with Crippen molar-refractivity contribution >= 4 is 11.6 Å². The Labute approximate surface area is 113 Å². The second-order valence-electron chi connectivity index (χ2n) is 4.12. The van der Waals surface area contributed by atoms with Crippen molar-refractivity contribution in [2.75, 3.05) is 19.8 Å². The van der Waals surface area contributed by atoms with Crippen LogP contribution in [0.4, 0.5) is 0 Å². The van der Waals surface area contributed by atoms with Gasteiger partial charge in [0.25, 0.3) is 0 Å². The van der Waals surface area contributed by atoms with E-state index in [0.717, 1.165) is 6.42 Å². The van der Waals surface area contributed by atoms with Crippen LogP contribution >= 0.6 is 11.6 Å². The lowest BCUT2D eigenvalue weighted by atomic mass is 10.2. The number of halogens is 1. The zero-order valence-electron chi connectivity index (χ0n) is 10.5. The first-order valence-corrected chi connectivity index (χ1v) is 6.44. The molecule has 0 aliphatic carbocycles. The van der Waals surface area contributed by atoms with Crippen LogP contribution < -0.4 is 10.1 Å². The molecule has 0 saturated heterocycles. The van der Waals surface area contributed by atoms with E-state index in [-0.39, 0.29) is 19.3 Å². The maximum Gasteiger partial charge on any atom is 0.120 e. The largest absolute Gasteiger partial charge is 0.491 e. The summed E-state index contributed by atoms with van der Waals surface area (Å²) in [4.78, 5) is 0. The summed E-state index contributed by atoms with van der Waals surface area (Å²) in [6, 6.07) is 7.06. The number of benzene rings is 1. The number of rotatable bonds is 8. The minimum absolute atomic E-state index is 0.0193. The smallest absolute Gasteiger partial charge is 0.120 e.